The molecule has 0 aliphatic carbocycles. The van der Waals surface area contributed by atoms with E-state index in [2.05, 4.69) is 20.9 Å². The molecule has 2 rings (SSSR count). The van der Waals surface area contributed by atoms with E-state index in [0.29, 0.717) is 19.7 Å². The van der Waals surface area contributed by atoms with Gasteiger partial charge in [0.1, 0.15) is 5.56 Å². The second kappa shape index (κ2) is 7.04. The van der Waals surface area contributed by atoms with Crippen LogP contribution in [0, 0.1) is 6.92 Å². The van der Waals surface area contributed by atoms with Crippen molar-refractivity contribution in [3.05, 3.63) is 33.7 Å². The lowest BCUT2D eigenvalue weighted by Gasteiger charge is -2.31. The number of likely N-dealkylation sites (tertiary alicyclic amines) is 1. The topological polar surface area (TPSA) is 62.4 Å². The van der Waals surface area contributed by atoms with Crippen molar-refractivity contribution < 1.29 is 9.53 Å². The van der Waals surface area contributed by atoms with Crippen LogP contribution in [0.4, 0.5) is 0 Å². The van der Waals surface area contributed by atoms with Crippen LogP contribution in [0.1, 0.15) is 28.9 Å². The molecule has 0 spiro atoms. The van der Waals surface area contributed by atoms with Crippen molar-refractivity contribution in [2.75, 3.05) is 25.0 Å². The number of carbonyl (C=O) groups excluding carboxylic acids is 1. The van der Waals surface area contributed by atoms with Crippen LogP contribution in [0.5, 0.6) is 0 Å². The van der Waals surface area contributed by atoms with Crippen LogP contribution in [0.2, 0.25) is 0 Å². The summed E-state index contributed by atoms with van der Waals surface area (Å²) < 4.78 is 5.65. The Labute approximate surface area is 126 Å². The second-order valence-electron chi connectivity index (χ2n) is 4.95. The number of hydrogen-bond acceptors (Lipinski definition) is 3. The Hall–Kier alpha value is -1.14. The van der Waals surface area contributed by atoms with Crippen molar-refractivity contribution in [1.29, 1.82) is 0 Å². The molecule has 1 N–H and O–H groups in total. The first-order valence-electron chi connectivity index (χ1n) is 6.78. The Morgan fingerprint density at radius 2 is 2.20 bits per heavy atom. The lowest BCUT2D eigenvalue weighted by molar-refractivity contribution is 0.0159. The van der Waals surface area contributed by atoms with E-state index in [4.69, 9.17) is 4.74 Å². The summed E-state index contributed by atoms with van der Waals surface area (Å²) in [7, 11) is 0. The summed E-state index contributed by atoms with van der Waals surface area (Å²) in [6.45, 7) is 3.76. The molecule has 2 heterocycles. The van der Waals surface area contributed by atoms with Crippen LogP contribution < -0.4 is 5.43 Å². The molecule has 5 nitrogen and oxygen atoms in total. The normalized spacial score (nSPS) is 16.4. The molecule has 1 aliphatic heterocycles. The lowest BCUT2D eigenvalue weighted by atomic mass is 10.1. The number of hydrogen-bond donors (Lipinski definition) is 1. The second-order valence-corrected chi connectivity index (χ2v) is 5.74. The third kappa shape index (κ3) is 3.70. The maximum atomic E-state index is 12.3. The fourth-order valence-corrected chi connectivity index (χ4v) is 2.53. The minimum Gasteiger partial charge on any atom is -0.377 e. The summed E-state index contributed by atoms with van der Waals surface area (Å²) in [5, 5.41) is 0.824. The Morgan fingerprint density at radius 1 is 1.50 bits per heavy atom. The molecule has 1 fully saturated rings. The predicted octanol–water partition coefficient (Wildman–Crippen LogP) is 1.70. The molecule has 1 aliphatic rings. The molecule has 0 atom stereocenters. The van der Waals surface area contributed by atoms with E-state index in [0.717, 1.165) is 23.9 Å². The molecule has 6 heteroatoms. The van der Waals surface area contributed by atoms with E-state index in [-0.39, 0.29) is 23.0 Å². The van der Waals surface area contributed by atoms with Crippen LogP contribution in [0.3, 0.4) is 0 Å². The van der Waals surface area contributed by atoms with Crippen LogP contribution in [-0.4, -0.2) is 46.9 Å². The summed E-state index contributed by atoms with van der Waals surface area (Å²) >= 11 is 3.33. The first kappa shape index (κ1) is 15.3. The van der Waals surface area contributed by atoms with Gasteiger partial charge in [0.25, 0.3) is 5.91 Å². The number of rotatable bonds is 4. The third-order valence-corrected chi connectivity index (χ3v) is 3.77. The number of nitrogens with one attached hydrogen (secondary N) is 1. The average Bonchev–Trinajstić information content (AvgIpc) is 2.45. The van der Waals surface area contributed by atoms with Crippen molar-refractivity contribution in [2.45, 2.75) is 25.9 Å². The maximum Gasteiger partial charge on any atom is 0.259 e. The minimum atomic E-state index is -0.219. The summed E-state index contributed by atoms with van der Waals surface area (Å²) in [6.07, 6.45) is 3.37. The largest absolute Gasteiger partial charge is 0.377 e. The molecule has 20 heavy (non-hydrogen) atoms. The molecule has 1 saturated heterocycles. The number of aryl methyl sites for hydroxylation is 1. The van der Waals surface area contributed by atoms with Crippen LogP contribution in [-0.2, 0) is 4.74 Å². The van der Waals surface area contributed by atoms with Crippen molar-refractivity contribution >= 4 is 21.8 Å². The molecule has 0 radical (unpaired) electrons. The monoisotopic (exact) mass is 342 g/mol. The number of nitrogens with zero attached hydrogens (tertiary/aromatic N) is 1. The molecule has 0 aromatic carbocycles. The van der Waals surface area contributed by atoms with Gasteiger partial charge >= 0.3 is 0 Å². The summed E-state index contributed by atoms with van der Waals surface area (Å²) in [5.41, 5.74) is 0.757. The van der Waals surface area contributed by atoms with Gasteiger partial charge in [-0.1, -0.05) is 15.9 Å². The number of halogens is 1. The van der Waals surface area contributed by atoms with E-state index >= 15 is 0 Å². The zero-order chi connectivity index (χ0) is 14.5. The minimum absolute atomic E-state index is 0.190. The molecule has 1 aromatic heterocycles. The number of H-pyrrole nitrogens is 1. The van der Waals surface area contributed by atoms with Crippen molar-refractivity contribution in [1.82, 2.24) is 9.88 Å². The quantitative estimate of drug-likeness (QED) is 0.847. The zero-order valence-corrected chi connectivity index (χ0v) is 13.1. The first-order chi connectivity index (χ1) is 9.61. The number of alkyl halides is 1. The van der Waals surface area contributed by atoms with Gasteiger partial charge in [-0.15, -0.1) is 0 Å². The van der Waals surface area contributed by atoms with E-state index in [1.54, 1.807) is 11.8 Å². The van der Waals surface area contributed by atoms with Gasteiger partial charge in [0.05, 0.1) is 12.7 Å². The van der Waals surface area contributed by atoms with Gasteiger partial charge in [-0.05, 0) is 19.8 Å². The van der Waals surface area contributed by atoms with E-state index in [1.165, 1.54) is 12.3 Å². The molecule has 1 aromatic rings. The predicted molar refractivity (Wildman–Crippen MR) is 80.5 cm³/mol. The number of pyridine rings is 1. The summed E-state index contributed by atoms with van der Waals surface area (Å²) in [6, 6.07) is 1.46. The Morgan fingerprint density at radius 3 is 2.80 bits per heavy atom. The SMILES string of the molecule is Cc1cc(=O)c(C(=O)N2CCC(OCCBr)CC2)c[nH]1. The smallest absolute Gasteiger partial charge is 0.259 e. The van der Waals surface area contributed by atoms with Crippen LogP contribution in [0.15, 0.2) is 17.1 Å². The van der Waals surface area contributed by atoms with Gasteiger partial charge in [-0.25, -0.2) is 0 Å². The fraction of sp³-hybridized carbons (Fsp3) is 0.571. The molecule has 110 valence electrons. The lowest BCUT2D eigenvalue weighted by Crippen LogP contribution is -2.42. The van der Waals surface area contributed by atoms with Gasteiger partial charge in [0.2, 0.25) is 0 Å². The molecule has 0 unspecified atom stereocenters. The van der Waals surface area contributed by atoms with E-state index < -0.39 is 0 Å². The molecular weight excluding hydrogens is 324 g/mol. The standard InChI is InChI=1S/C14H19BrN2O3/c1-10-8-13(18)12(9-16-10)14(19)17-5-2-11(3-6-17)20-7-4-15/h8-9,11H,2-7H2,1H3,(H,16,18). The van der Waals surface area contributed by atoms with Crippen molar-refractivity contribution in [2.24, 2.45) is 0 Å². The van der Waals surface area contributed by atoms with Crippen LogP contribution in [0.25, 0.3) is 0 Å². The number of piperidine rings is 1. The third-order valence-electron chi connectivity index (χ3n) is 3.45. The summed E-state index contributed by atoms with van der Waals surface area (Å²) in [4.78, 5) is 28.8. The van der Waals surface area contributed by atoms with Crippen LogP contribution >= 0.6 is 15.9 Å². The van der Waals surface area contributed by atoms with Gasteiger partial charge in [0, 0.05) is 36.4 Å². The Balaban J connectivity index is 1.96. The Kier molecular flexibility index (Phi) is 5.37. The highest BCUT2D eigenvalue weighted by molar-refractivity contribution is 9.09. The van der Waals surface area contributed by atoms with E-state index in [9.17, 15) is 9.59 Å². The van der Waals surface area contributed by atoms with Crippen molar-refractivity contribution in [3.63, 3.8) is 0 Å². The van der Waals surface area contributed by atoms with Gasteiger partial charge < -0.3 is 14.6 Å². The highest BCUT2D eigenvalue weighted by atomic mass is 79.9. The molecule has 1 amide bonds. The highest BCUT2D eigenvalue weighted by Crippen LogP contribution is 2.15. The van der Waals surface area contributed by atoms with Gasteiger partial charge in [-0.3, -0.25) is 9.59 Å². The first-order valence-corrected chi connectivity index (χ1v) is 7.90. The molecule has 0 saturated carbocycles. The Bertz CT molecular complexity index is 521. The number of carbonyl (C=O) groups is 1. The van der Waals surface area contributed by atoms with E-state index in [1.807, 2.05) is 0 Å². The number of aromatic nitrogens is 1. The number of amides is 1. The average molecular weight is 343 g/mol. The molecular formula is C14H19BrN2O3. The highest BCUT2D eigenvalue weighted by Gasteiger charge is 2.25. The van der Waals surface area contributed by atoms with Gasteiger partial charge in [0.15, 0.2) is 5.43 Å². The number of aromatic amines is 1. The maximum absolute atomic E-state index is 12.3. The summed E-state index contributed by atoms with van der Waals surface area (Å²) in [5.74, 6) is -0.190. The fourth-order valence-electron chi connectivity index (χ4n) is 2.35. The number of ether oxygens (including phenoxy) is 1. The molecule has 0 bridgehead atoms. The van der Waals surface area contributed by atoms with Crippen molar-refractivity contribution in [3.8, 4) is 0 Å². The zero-order valence-electron chi connectivity index (χ0n) is 11.5. The van der Waals surface area contributed by atoms with Gasteiger partial charge in [-0.2, -0.15) is 0 Å².